The summed E-state index contributed by atoms with van der Waals surface area (Å²) in [6, 6.07) is 25.4. The summed E-state index contributed by atoms with van der Waals surface area (Å²) < 4.78 is 0. The molecule has 0 aliphatic carbocycles. The number of aliphatic hydroxyl groups excluding tert-OH is 1. The summed E-state index contributed by atoms with van der Waals surface area (Å²) in [7, 11) is 0. The molecule has 5 heteroatoms. The predicted octanol–water partition coefficient (Wildman–Crippen LogP) is 4.86. The highest BCUT2D eigenvalue weighted by atomic mass is 16.3. The fourth-order valence-corrected chi connectivity index (χ4v) is 4.30. The molecule has 0 unspecified atom stereocenters. The van der Waals surface area contributed by atoms with Crippen LogP contribution in [0.15, 0.2) is 103 Å². The van der Waals surface area contributed by atoms with Gasteiger partial charge in [0.2, 0.25) is 0 Å². The van der Waals surface area contributed by atoms with E-state index in [1.165, 1.54) is 4.90 Å². The standard InChI is InChI=1S/C27H20N2O3/c30-25(20-10-2-1-3-11-20)23-24(22-14-6-12-19-9-4-5-13-21(19)22)29(27(32)26(23)31)17-18-8-7-15-28-16-18/h1-16,24,30H,17H2/t24-/m0/s1. The van der Waals surface area contributed by atoms with Gasteiger partial charge >= 0.3 is 0 Å². The Morgan fingerprint density at radius 2 is 1.62 bits per heavy atom. The molecule has 0 spiro atoms. The second kappa shape index (κ2) is 8.12. The van der Waals surface area contributed by atoms with Crippen LogP contribution in [0.25, 0.3) is 16.5 Å². The number of ketones is 1. The Bertz CT molecular complexity index is 1340. The minimum absolute atomic E-state index is 0.0986. The van der Waals surface area contributed by atoms with Crippen molar-refractivity contribution in [2.75, 3.05) is 0 Å². The van der Waals surface area contributed by atoms with Gasteiger partial charge in [0.25, 0.3) is 11.7 Å². The van der Waals surface area contributed by atoms with Gasteiger partial charge in [0.1, 0.15) is 5.76 Å². The van der Waals surface area contributed by atoms with E-state index in [2.05, 4.69) is 4.98 Å². The summed E-state index contributed by atoms with van der Waals surface area (Å²) >= 11 is 0. The molecule has 1 amide bonds. The number of carbonyl (C=O) groups is 2. The molecule has 1 aromatic heterocycles. The van der Waals surface area contributed by atoms with E-state index in [-0.39, 0.29) is 17.9 Å². The van der Waals surface area contributed by atoms with Crippen LogP contribution in [0.2, 0.25) is 0 Å². The highest BCUT2D eigenvalue weighted by Crippen LogP contribution is 2.42. The number of rotatable bonds is 4. The fourth-order valence-electron chi connectivity index (χ4n) is 4.30. The van der Waals surface area contributed by atoms with Gasteiger partial charge in [-0.1, -0.05) is 78.9 Å². The van der Waals surface area contributed by atoms with Crippen LogP contribution in [-0.4, -0.2) is 26.7 Å². The third kappa shape index (κ3) is 3.34. The second-order valence-electron chi connectivity index (χ2n) is 7.72. The van der Waals surface area contributed by atoms with E-state index in [1.54, 1.807) is 42.7 Å². The van der Waals surface area contributed by atoms with Gasteiger partial charge in [-0.15, -0.1) is 0 Å². The quantitative estimate of drug-likeness (QED) is 0.291. The van der Waals surface area contributed by atoms with Crippen molar-refractivity contribution in [3.05, 3.63) is 120 Å². The average Bonchev–Trinajstić information content (AvgIpc) is 3.09. The van der Waals surface area contributed by atoms with Gasteiger partial charge in [-0.25, -0.2) is 0 Å². The Morgan fingerprint density at radius 1 is 0.875 bits per heavy atom. The number of hydrogen-bond donors (Lipinski definition) is 1. The van der Waals surface area contributed by atoms with Crippen molar-refractivity contribution in [2.24, 2.45) is 0 Å². The van der Waals surface area contributed by atoms with Crippen molar-refractivity contribution in [3.8, 4) is 0 Å². The highest BCUT2D eigenvalue weighted by Gasteiger charge is 2.46. The number of benzene rings is 3. The first-order chi connectivity index (χ1) is 15.6. The van der Waals surface area contributed by atoms with Crippen molar-refractivity contribution >= 4 is 28.2 Å². The number of amides is 1. The van der Waals surface area contributed by atoms with E-state index in [4.69, 9.17) is 0 Å². The lowest BCUT2D eigenvalue weighted by atomic mass is 9.91. The largest absolute Gasteiger partial charge is 0.507 e. The Hall–Kier alpha value is -4.25. The normalized spacial score (nSPS) is 17.8. The molecule has 1 N–H and O–H groups in total. The summed E-state index contributed by atoms with van der Waals surface area (Å²) in [6.45, 7) is 0.206. The third-order valence-electron chi connectivity index (χ3n) is 5.78. The van der Waals surface area contributed by atoms with Crippen LogP contribution in [0.1, 0.15) is 22.7 Å². The summed E-state index contributed by atoms with van der Waals surface area (Å²) in [5.74, 6) is -1.49. The van der Waals surface area contributed by atoms with Gasteiger partial charge in [-0.3, -0.25) is 14.6 Å². The highest BCUT2D eigenvalue weighted by molar-refractivity contribution is 6.46. The van der Waals surface area contributed by atoms with Crippen LogP contribution in [0.5, 0.6) is 0 Å². The molecule has 1 aliphatic rings. The molecular weight excluding hydrogens is 400 g/mol. The molecule has 0 bridgehead atoms. The number of aromatic nitrogens is 1. The SMILES string of the molecule is O=C1C(=O)N(Cc2cccnc2)[C@@H](c2cccc3ccccc23)C1=C(O)c1ccccc1. The first-order valence-electron chi connectivity index (χ1n) is 10.4. The zero-order valence-electron chi connectivity index (χ0n) is 17.2. The van der Waals surface area contributed by atoms with Crippen LogP contribution in [0.4, 0.5) is 0 Å². The Balaban J connectivity index is 1.74. The van der Waals surface area contributed by atoms with Crippen molar-refractivity contribution in [2.45, 2.75) is 12.6 Å². The smallest absolute Gasteiger partial charge is 0.295 e. The monoisotopic (exact) mass is 420 g/mol. The first-order valence-corrected chi connectivity index (χ1v) is 10.4. The Labute approximate surface area is 185 Å². The molecule has 1 fully saturated rings. The minimum atomic E-state index is -0.721. The van der Waals surface area contributed by atoms with Gasteiger partial charge in [0, 0.05) is 24.5 Å². The minimum Gasteiger partial charge on any atom is -0.507 e. The van der Waals surface area contributed by atoms with Crippen LogP contribution in [0.3, 0.4) is 0 Å². The van der Waals surface area contributed by atoms with Gasteiger partial charge in [0.05, 0.1) is 11.6 Å². The van der Waals surface area contributed by atoms with Crippen molar-refractivity contribution in [1.29, 1.82) is 0 Å². The number of fused-ring (bicyclic) bond motifs is 1. The lowest BCUT2D eigenvalue weighted by Gasteiger charge is -2.26. The molecule has 5 nitrogen and oxygen atoms in total. The van der Waals surface area contributed by atoms with Gasteiger partial charge in [-0.05, 0) is 28.0 Å². The molecule has 0 saturated carbocycles. The van der Waals surface area contributed by atoms with Crippen LogP contribution in [-0.2, 0) is 16.1 Å². The molecule has 3 aromatic carbocycles. The van der Waals surface area contributed by atoms with Gasteiger partial charge in [-0.2, -0.15) is 0 Å². The number of Topliss-reactive ketones (excluding diaryl/α,β-unsaturated/α-hetero) is 1. The molecule has 5 rings (SSSR count). The van der Waals surface area contributed by atoms with Crippen molar-refractivity contribution in [3.63, 3.8) is 0 Å². The first kappa shape index (κ1) is 19.7. The number of hydrogen-bond acceptors (Lipinski definition) is 4. The maximum absolute atomic E-state index is 13.2. The van der Waals surface area contributed by atoms with Crippen molar-refractivity contribution < 1.29 is 14.7 Å². The average molecular weight is 420 g/mol. The van der Waals surface area contributed by atoms with Crippen LogP contribution in [0, 0.1) is 0 Å². The Kier molecular flexibility index (Phi) is 5.00. The molecule has 1 saturated heterocycles. The van der Waals surface area contributed by atoms with E-state index in [0.717, 1.165) is 21.9 Å². The maximum atomic E-state index is 13.2. The molecule has 32 heavy (non-hydrogen) atoms. The molecular formula is C27H20N2O3. The number of nitrogens with zero attached hydrogens (tertiary/aromatic N) is 2. The molecule has 2 heterocycles. The molecule has 156 valence electrons. The Morgan fingerprint density at radius 3 is 2.41 bits per heavy atom. The van der Waals surface area contributed by atoms with Crippen LogP contribution >= 0.6 is 0 Å². The van der Waals surface area contributed by atoms with Gasteiger partial charge < -0.3 is 10.0 Å². The van der Waals surface area contributed by atoms with E-state index >= 15 is 0 Å². The number of aliphatic hydroxyl groups is 1. The molecule has 0 radical (unpaired) electrons. The van der Waals surface area contributed by atoms with E-state index in [1.807, 2.05) is 54.6 Å². The summed E-state index contributed by atoms with van der Waals surface area (Å²) in [5, 5.41) is 13.1. The van der Waals surface area contributed by atoms with Gasteiger partial charge in [0.15, 0.2) is 0 Å². The third-order valence-corrected chi connectivity index (χ3v) is 5.78. The molecule has 1 aliphatic heterocycles. The summed E-state index contributed by atoms with van der Waals surface area (Å²) in [5.41, 5.74) is 2.20. The number of likely N-dealkylation sites (tertiary alicyclic amines) is 1. The zero-order valence-corrected chi connectivity index (χ0v) is 17.2. The number of pyridine rings is 1. The zero-order chi connectivity index (χ0) is 22.1. The van der Waals surface area contributed by atoms with E-state index in [0.29, 0.717) is 5.56 Å². The number of carbonyl (C=O) groups excluding carboxylic acids is 2. The molecule has 1 atom stereocenters. The van der Waals surface area contributed by atoms with Crippen LogP contribution < -0.4 is 0 Å². The molecule has 4 aromatic rings. The lowest BCUT2D eigenvalue weighted by Crippen LogP contribution is -2.29. The fraction of sp³-hybridized carbons (Fsp3) is 0.0741. The summed E-state index contributed by atoms with van der Waals surface area (Å²) in [4.78, 5) is 32.1. The van der Waals surface area contributed by atoms with E-state index < -0.39 is 17.7 Å². The topological polar surface area (TPSA) is 70.5 Å². The maximum Gasteiger partial charge on any atom is 0.295 e. The van der Waals surface area contributed by atoms with E-state index in [9.17, 15) is 14.7 Å². The predicted molar refractivity (Wildman–Crippen MR) is 122 cm³/mol. The lowest BCUT2D eigenvalue weighted by molar-refractivity contribution is -0.140. The summed E-state index contributed by atoms with van der Waals surface area (Å²) in [6.07, 6.45) is 3.34. The van der Waals surface area contributed by atoms with Crippen molar-refractivity contribution in [1.82, 2.24) is 9.88 Å². The second-order valence-corrected chi connectivity index (χ2v) is 7.72.